The maximum Gasteiger partial charge on any atom is 0.293 e. The summed E-state index contributed by atoms with van der Waals surface area (Å²) in [6, 6.07) is 3.24. The molecule has 0 aromatic carbocycles. The van der Waals surface area contributed by atoms with Crippen LogP contribution in [0.4, 0.5) is 0 Å². The van der Waals surface area contributed by atoms with Crippen molar-refractivity contribution in [2.24, 2.45) is 0 Å². The van der Waals surface area contributed by atoms with Gasteiger partial charge in [-0.15, -0.1) is 12.4 Å². The van der Waals surface area contributed by atoms with Crippen LogP contribution in [0.3, 0.4) is 0 Å². The molecule has 0 aliphatic carbocycles. The summed E-state index contributed by atoms with van der Waals surface area (Å²) in [6.07, 6.45) is 2.41. The van der Waals surface area contributed by atoms with Gasteiger partial charge in [-0.1, -0.05) is 0 Å². The van der Waals surface area contributed by atoms with Crippen molar-refractivity contribution in [3.05, 3.63) is 24.2 Å². The van der Waals surface area contributed by atoms with Crippen LogP contribution in [0.25, 0.3) is 0 Å². The van der Waals surface area contributed by atoms with Crippen molar-refractivity contribution in [2.75, 3.05) is 27.2 Å². The molecule has 0 saturated carbocycles. The molecule has 0 atom stereocenters. The fourth-order valence-corrected chi connectivity index (χ4v) is 1.41. The summed E-state index contributed by atoms with van der Waals surface area (Å²) in [5, 5.41) is 5.83. The standard InChI is InChI=1S/C11H17N3O2S.ClH/c1-14(2)7-4-6-12-11(17)13-10(15)9-5-3-8-16-9;/h3,5,8H,4,6-7H2,1-2H3,(H2,12,13,15,17);1H. The molecule has 102 valence electrons. The Hall–Kier alpha value is -1.11. The molecule has 1 heterocycles. The van der Waals surface area contributed by atoms with E-state index < -0.39 is 0 Å². The van der Waals surface area contributed by atoms with Gasteiger partial charge in [0.2, 0.25) is 0 Å². The number of hydrogen-bond acceptors (Lipinski definition) is 4. The highest BCUT2D eigenvalue weighted by atomic mass is 35.5. The Morgan fingerprint density at radius 3 is 2.78 bits per heavy atom. The van der Waals surface area contributed by atoms with E-state index in [1.54, 1.807) is 12.1 Å². The highest BCUT2D eigenvalue weighted by Crippen LogP contribution is 1.98. The minimum absolute atomic E-state index is 0. The van der Waals surface area contributed by atoms with Crippen molar-refractivity contribution in [1.29, 1.82) is 0 Å². The van der Waals surface area contributed by atoms with Gasteiger partial charge in [-0.3, -0.25) is 10.1 Å². The molecule has 1 rings (SSSR count). The number of carbonyl (C=O) groups excluding carboxylic acids is 1. The molecule has 0 unspecified atom stereocenters. The van der Waals surface area contributed by atoms with E-state index >= 15 is 0 Å². The van der Waals surface area contributed by atoms with Gasteiger partial charge in [0.05, 0.1) is 6.26 Å². The van der Waals surface area contributed by atoms with E-state index in [-0.39, 0.29) is 24.1 Å². The fraction of sp³-hybridized carbons (Fsp3) is 0.455. The van der Waals surface area contributed by atoms with Crippen molar-refractivity contribution >= 4 is 35.6 Å². The number of thiocarbonyl (C=S) groups is 1. The van der Waals surface area contributed by atoms with E-state index in [0.717, 1.165) is 19.5 Å². The minimum Gasteiger partial charge on any atom is -0.459 e. The Balaban J connectivity index is 0.00000289. The van der Waals surface area contributed by atoms with E-state index in [1.165, 1.54) is 6.26 Å². The van der Waals surface area contributed by atoms with Crippen LogP contribution in [0, 0.1) is 0 Å². The van der Waals surface area contributed by atoms with Gasteiger partial charge in [0, 0.05) is 6.54 Å². The van der Waals surface area contributed by atoms with Crippen LogP contribution in [0.2, 0.25) is 0 Å². The lowest BCUT2D eigenvalue weighted by Crippen LogP contribution is -2.40. The van der Waals surface area contributed by atoms with Gasteiger partial charge in [-0.2, -0.15) is 0 Å². The maximum absolute atomic E-state index is 11.5. The van der Waals surface area contributed by atoms with Crippen LogP contribution in [0.15, 0.2) is 22.8 Å². The zero-order valence-electron chi connectivity index (χ0n) is 10.4. The summed E-state index contributed by atoms with van der Waals surface area (Å²) in [5.74, 6) is -0.0810. The fourth-order valence-electron chi connectivity index (χ4n) is 1.21. The first-order valence-electron chi connectivity index (χ1n) is 5.37. The molecule has 5 nitrogen and oxygen atoms in total. The Morgan fingerprint density at radius 1 is 1.50 bits per heavy atom. The quantitative estimate of drug-likeness (QED) is 0.632. The predicted molar refractivity (Wildman–Crippen MR) is 77.2 cm³/mol. The third-order valence-corrected chi connectivity index (χ3v) is 2.29. The third kappa shape index (κ3) is 6.58. The Morgan fingerprint density at radius 2 is 2.22 bits per heavy atom. The number of hydrogen-bond donors (Lipinski definition) is 2. The SMILES string of the molecule is CN(C)CCCNC(=S)NC(=O)c1ccco1.Cl. The first-order chi connectivity index (χ1) is 8.09. The first kappa shape index (κ1) is 16.9. The van der Waals surface area contributed by atoms with E-state index in [2.05, 4.69) is 15.5 Å². The van der Waals surface area contributed by atoms with E-state index in [4.69, 9.17) is 16.6 Å². The normalized spacial score (nSPS) is 9.72. The largest absolute Gasteiger partial charge is 0.459 e. The Bertz CT molecular complexity index is 368. The van der Waals surface area contributed by atoms with E-state index in [9.17, 15) is 4.79 Å². The maximum atomic E-state index is 11.5. The van der Waals surface area contributed by atoms with E-state index in [0.29, 0.717) is 5.11 Å². The van der Waals surface area contributed by atoms with Gasteiger partial charge in [0.25, 0.3) is 5.91 Å². The van der Waals surface area contributed by atoms with Crippen LogP contribution >= 0.6 is 24.6 Å². The molecule has 0 aliphatic rings. The molecule has 0 spiro atoms. The predicted octanol–water partition coefficient (Wildman–Crippen LogP) is 1.26. The number of furan rings is 1. The van der Waals surface area contributed by atoms with Gasteiger partial charge >= 0.3 is 0 Å². The summed E-state index contributed by atoms with van der Waals surface area (Å²) in [4.78, 5) is 13.6. The molecule has 0 bridgehead atoms. The van der Waals surface area contributed by atoms with Gasteiger partial charge in [0.15, 0.2) is 10.9 Å². The molecule has 2 N–H and O–H groups in total. The van der Waals surface area contributed by atoms with Crippen LogP contribution in [0.5, 0.6) is 0 Å². The average Bonchev–Trinajstić information content (AvgIpc) is 2.77. The smallest absolute Gasteiger partial charge is 0.293 e. The average molecular weight is 292 g/mol. The monoisotopic (exact) mass is 291 g/mol. The summed E-state index contributed by atoms with van der Waals surface area (Å²) >= 11 is 4.98. The second-order valence-corrected chi connectivity index (χ2v) is 4.25. The topological polar surface area (TPSA) is 57.5 Å². The summed E-state index contributed by atoms with van der Waals surface area (Å²) < 4.78 is 4.95. The Kier molecular flexibility index (Phi) is 8.36. The zero-order valence-corrected chi connectivity index (χ0v) is 12.1. The number of nitrogens with zero attached hydrogens (tertiary/aromatic N) is 1. The molecule has 1 aromatic heterocycles. The summed E-state index contributed by atoms with van der Waals surface area (Å²) in [5.41, 5.74) is 0. The molecule has 7 heteroatoms. The molecule has 1 aromatic rings. The number of halogens is 1. The molecule has 0 aliphatic heterocycles. The van der Waals surface area contributed by atoms with Crippen LogP contribution < -0.4 is 10.6 Å². The lowest BCUT2D eigenvalue weighted by atomic mass is 10.4. The second kappa shape index (κ2) is 8.91. The lowest BCUT2D eigenvalue weighted by Gasteiger charge is -2.11. The number of amides is 1. The van der Waals surface area contributed by atoms with Crippen molar-refractivity contribution in [1.82, 2.24) is 15.5 Å². The molecule has 0 radical (unpaired) electrons. The molecule has 0 fully saturated rings. The number of nitrogens with one attached hydrogen (secondary N) is 2. The zero-order chi connectivity index (χ0) is 12.7. The Labute approximate surface area is 118 Å². The first-order valence-corrected chi connectivity index (χ1v) is 5.78. The van der Waals surface area contributed by atoms with Crippen LogP contribution in [-0.2, 0) is 0 Å². The summed E-state index contributed by atoms with van der Waals surface area (Å²) in [7, 11) is 4.02. The van der Waals surface area contributed by atoms with Crippen LogP contribution in [0.1, 0.15) is 17.0 Å². The molecular weight excluding hydrogens is 274 g/mol. The highest BCUT2D eigenvalue weighted by molar-refractivity contribution is 7.80. The van der Waals surface area contributed by atoms with Crippen molar-refractivity contribution < 1.29 is 9.21 Å². The van der Waals surface area contributed by atoms with Gasteiger partial charge < -0.3 is 14.6 Å². The van der Waals surface area contributed by atoms with Gasteiger partial charge in [0.1, 0.15) is 0 Å². The summed E-state index contributed by atoms with van der Waals surface area (Å²) in [6.45, 7) is 1.71. The minimum atomic E-state index is -0.333. The number of carbonyl (C=O) groups is 1. The number of rotatable bonds is 5. The molecule has 0 saturated heterocycles. The lowest BCUT2D eigenvalue weighted by molar-refractivity contribution is 0.0949. The van der Waals surface area contributed by atoms with Crippen molar-refractivity contribution in [2.45, 2.75) is 6.42 Å². The molecular formula is C11H18ClN3O2S. The van der Waals surface area contributed by atoms with Crippen LogP contribution in [-0.4, -0.2) is 43.1 Å². The second-order valence-electron chi connectivity index (χ2n) is 3.84. The third-order valence-electron chi connectivity index (χ3n) is 2.04. The van der Waals surface area contributed by atoms with Crippen molar-refractivity contribution in [3.8, 4) is 0 Å². The van der Waals surface area contributed by atoms with Gasteiger partial charge in [-0.05, 0) is 51.4 Å². The van der Waals surface area contributed by atoms with Gasteiger partial charge in [-0.25, -0.2) is 0 Å². The van der Waals surface area contributed by atoms with Crippen molar-refractivity contribution in [3.63, 3.8) is 0 Å². The molecule has 18 heavy (non-hydrogen) atoms. The highest BCUT2D eigenvalue weighted by Gasteiger charge is 2.09. The molecule has 1 amide bonds. The van der Waals surface area contributed by atoms with E-state index in [1.807, 2.05) is 14.1 Å².